The molecule has 130 valence electrons. The van der Waals surface area contributed by atoms with Crippen molar-refractivity contribution in [1.82, 2.24) is 4.90 Å². The predicted molar refractivity (Wildman–Crippen MR) is 93.8 cm³/mol. The summed E-state index contributed by atoms with van der Waals surface area (Å²) in [5, 5.41) is 0. The molecule has 1 saturated carbocycles. The molecule has 2 aliphatic rings. The van der Waals surface area contributed by atoms with E-state index in [-0.39, 0.29) is 12.0 Å². The minimum Gasteiger partial charge on any atom is -0.490 e. The van der Waals surface area contributed by atoms with Crippen LogP contribution in [0, 0.1) is 0 Å². The summed E-state index contributed by atoms with van der Waals surface area (Å²) in [5.74, 6) is 0.556. The van der Waals surface area contributed by atoms with Crippen molar-refractivity contribution >= 4 is 18.5 Å². The molecule has 0 spiro atoms. The lowest BCUT2D eigenvalue weighted by molar-refractivity contribution is 0.00578. The van der Waals surface area contributed by atoms with Gasteiger partial charge in [0.2, 0.25) is 0 Å². The van der Waals surface area contributed by atoms with Crippen LogP contribution in [-0.4, -0.2) is 49.3 Å². The molecule has 6 heteroatoms. The van der Waals surface area contributed by atoms with E-state index in [0.717, 1.165) is 18.3 Å². The van der Waals surface area contributed by atoms with Crippen molar-refractivity contribution in [3.05, 3.63) is 23.8 Å². The molecule has 0 aromatic heterocycles. The molecule has 1 amide bonds. The molecule has 1 aromatic rings. The summed E-state index contributed by atoms with van der Waals surface area (Å²) in [5.41, 5.74) is 0.570. The summed E-state index contributed by atoms with van der Waals surface area (Å²) >= 11 is 0. The maximum Gasteiger partial charge on any atom is 0.494 e. The first-order valence-electron chi connectivity index (χ1n) is 8.48. The number of hydrogen-bond donors (Lipinski definition) is 0. The lowest BCUT2D eigenvalue weighted by Gasteiger charge is -2.32. The first-order valence-corrected chi connectivity index (χ1v) is 8.48. The Balaban J connectivity index is 1.92. The van der Waals surface area contributed by atoms with Crippen LogP contribution in [0.4, 0.5) is 0 Å². The van der Waals surface area contributed by atoms with Gasteiger partial charge in [-0.1, -0.05) is 6.07 Å². The highest BCUT2D eigenvalue weighted by atomic mass is 16.7. The van der Waals surface area contributed by atoms with Crippen LogP contribution < -0.4 is 10.2 Å². The zero-order valence-corrected chi connectivity index (χ0v) is 15.4. The van der Waals surface area contributed by atoms with E-state index in [1.807, 2.05) is 45.9 Å². The molecule has 0 N–H and O–H groups in total. The third kappa shape index (κ3) is 3.17. The Morgan fingerprint density at radius 1 is 1.17 bits per heavy atom. The second-order valence-corrected chi connectivity index (χ2v) is 7.86. The fraction of sp³-hybridized carbons (Fsp3) is 0.611. The highest BCUT2D eigenvalue weighted by molar-refractivity contribution is 6.62. The lowest BCUT2D eigenvalue weighted by Crippen LogP contribution is -2.41. The van der Waals surface area contributed by atoms with Crippen molar-refractivity contribution in [2.75, 3.05) is 14.1 Å². The average molecular weight is 331 g/mol. The van der Waals surface area contributed by atoms with Gasteiger partial charge in [-0.2, -0.15) is 0 Å². The summed E-state index contributed by atoms with van der Waals surface area (Å²) in [6.45, 7) is 8.07. The highest BCUT2D eigenvalue weighted by Gasteiger charge is 2.51. The van der Waals surface area contributed by atoms with E-state index in [1.165, 1.54) is 0 Å². The Kier molecular flexibility index (Phi) is 4.17. The third-order valence-corrected chi connectivity index (χ3v) is 4.98. The van der Waals surface area contributed by atoms with Gasteiger partial charge < -0.3 is 18.9 Å². The van der Waals surface area contributed by atoms with Crippen LogP contribution in [0.25, 0.3) is 0 Å². The van der Waals surface area contributed by atoms with Crippen molar-refractivity contribution < 1.29 is 18.8 Å². The molecular weight excluding hydrogens is 305 g/mol. The summed E-state index contributed by atoms with van der Waals surface area (Å²) in [6.07, 6.45) is 2.34. The second-order valence-electron chi connectivity index (χ2n) is 7.86. The molecule has 1 aromatic carbocycles. The van der Waals surface area contributed by atoms with Gasteiger partial charge in [0.15, 0.2) is 0 Å². The molecule has 1 heterocycles. The Labute approximate surface area is 144 Å². The molecule has 0 unspecified atom stereocenters. The van der Waals surface area contributed by atoms with E-state index in [2.05, 4.69) is 0 Å². The molecule has 0 radical (unpaired) electrons. The van der Waals surface area contributed by atoms with Crippen molar-refractivity contribution in [1.29, 1.82) is 0 Å². The smallest absolute Gasteiger partial charge is 0.490 e. The van der Waals surface area contributed by atoms with Gasteiger partial charge in [-0.15, -0.1) is 0 Å². The zero-order valence-electron chi connectivity index (χ0n) is 15.4. The number of carbonyl (C=O) groups excluding carboxylic acids is 1. The van der Waals surface area contributed by atoms with Crippen LogP contribution in [0.15, 0.2) is 18.2 Å². The second kappa shape index (κ2) is 5.78. The number of benzene rings is 1. The zero-order chi connectivity index (χ0) is 17.7. The largest absolute Gasteiger partial charge is 0.494 e. The quantitative estimate of drug-likeness (QED) is 0.794. The molecule has 1 aliphatic heterocycles. The summed E-state index contributed by atoms with van der Waals surface area (Å²) < 4.78 is 18.1. The maximum absolute atomic E-state index is 12.6. The van der Waals surface area contributed by atoms with Gasteiger partial charge in [0.1, 0.15) is 5.75 Å². The number of nitrogens with zero attached hydrogens (tertiary/aromatic N) is 1. The number of hydrogen-bond acceptors (Lipinski definition) is 4. The first-order chi connectivity index (χ1) is 11.1. The van der Waals surface area contributed by atoms with Gasteiger partial charge in [-0.3, -0.25) is 4.79 Å². The van der Waals surface area contributed by atoms with Gasteiger partial charge >= 0.3 is 7.12 Å². The minimum absolute atomic E-state index is 0.0796. The molecule has 3 rings (SSSR count). The molecule has 0 atom stereocenters. The van der Waals surface area contributed by atoms with Gasteiger partial charge in [0.25, 0.3) is 5.91 Å². The SMILES string of the molecule is CN(C)C(=O)c1cc(B2OC(C)(C)C(C)(C)O2)ccc1OC1CC1. The van der Waals surface area contributed by atoms with Crippen LogP contribution in [0.3, 0.4) is 0 Å². The molecule has 0 bridgehead atoms. The fourth-order valence-electron chi connectivity index (χ4n) is 2.55. The van der Waals surface area contributed by atoms with E-state index in [1.54, 1.807) is 19.0 Å². The molecule has 24 heavy (non-hydrogen) atoms. The number of rotatable bonds is 4. The normalized spacial score (nSPS) is 21.7. The highest BCUT2D eigenvalue weighted by Crippen LogP contribution is 2.37. The van der Waals surface area contributed by atoms with Crippen LogP contribution in [0.2, 0.25) is 0 Å². The molecular formula is C18H26BNO4. The van der Waals surface area contributed by atoms with Crippen molar-refractivity contribution in [2.45, 2.75) is 57.8 Å². The van der Waals surface area contributed by atoms with E-state index in [4.69, 9.17) is 14.0 Å². The van der Waals surface area contributed by atoms with E-state index >= 15 is 0 Å². The standard InChI is InChI=1S/C18H26BNO4/c1-17(2)18(3,4)24-19(23-17)12-7-10-15(22-13-8-9-13)14(11-12)16(21)20(5)6/h7,10-11,13H,8-9H2,1-6H3. The van der Waals surface area contributed by atoms with Crippen LogP contribution in [-0.2, 0) is 9.31 Å². The van der Waals surface area contributed by atoms with Crippen molar-refractivity contribution in [2.24, 2.45) is 0 Å². The molecule has 1 saturated heterocycles. The van der Waals surface area contributed by atoms with Gasteiger partial charge in [0, 0.05) is 14.1 Å². The lowest BCUT2D eigenvalue weighted by atomic mass is 9.78. The topological polar surface area (TPSA) is 48.0 Å². The Morgan fingerprint density at radius 3 is 2.25 bits per heavy atom. The average Bonchev–Trinajstić information content (AvgIpc) is 3.25. The van der Waals surface area contributed by atoms with Crippen molar-refractivity contribution in [3.8, 4) is 5.75 Å². The van der Waals surface area contributed by atoms with Gasteiger partial charge in [0.05, 0.1) is 22.9 Å². The van der Waals surface area contributed by atoms with E-state index < -0.39 is 18.3 Å². The van der Waals surface area contributed by atoms with E-state index in [0.29, 0.717) is 11.3 Å². The first kappa shape index (κ1) is 17.3. The monoisotopic (exact) mass is 331 g/mol. The number of ether oxygens (including phenoxy) is 1. The van der Waals surface area contributed by atoms with Crippen LogP contribution in [0.1, 0.15) is 50.9 Å². The molecule has 2 fully saturated rings. The minimum atomic E-state index is -0.487. The predicted octanol–water partition coefficient (Wildman–Crippen LogP) is 2.23. The number of carbonyl (C=O) groups is 1. The Morgan fingerprint density at radius 2 is 1.75 bits per heavy atom. The molecule has 5 nitrogen and oxygen atoms in total. The summed E-state index contributed by atoms with van der Waals surface area (Å²) in [4.78, 5) is 14.1. The van der Waals surface area contributed by atoms with Crippen LogP contribution >= 0.6 is 0 Å². The summed E-state index contributed by atoms with van der Waals surface area (Å²) in [7, 11) is 2.99. The summed E-state index contributed by atoms with van der Waals surface area (Å²) in [6, 6.07) is 5.62. The van der Waals surface area contributed by atoms with Crippen molar-refractivity contribution in [3.63, 3.8) is 0 Å². The maximum atomic E-state index is 12.6. The van der Waals surface area contributed by atoms with E-state index in [9.17, 15) is 4.79 Å². The Bertz CT molecular complexity index is 636. The Hall–Kier alpha value is -1.53. The molecule has 1 aliphatic carbocycles. The third-order valence-electron chi connectivity index (χ3n) is 4.98. The van der Waals surface area contributed by atoms with Gasteiger partial charge in [-0.05, 0) is 58.1 Å². The van der Waals surface area contributed by atoms with Gasteiger partial charge in [-0.25, -0.2) is 0 Å². The number of amides is 1. The van der Waals surface area contributed by atoms with Crippen LogP contribution in [0.5, 0.6) is 5.75 Å². The fourth-order valence-corrected chi connectivity index (χ4v) is 2.55.